The van der Waals surface area contributed by atoms with Gasteiger partial charge in [-0.15, -0.1) is 0 Å². The topological polar surface area (TPSA) is 82.1 Å². The summed E-state index contributed by atoms with van der Waals surface area (Å²) in [6.45, 7) is 4.68. The molecule has 0 N–H and O–H groups in total. The highest BCUT2D eigenvalue weighted by atomic mass is 32.2. The van der Waals surface area contributed by atoms with Gasteiger partial charge < -0.3 is 19.0 Å². The number of rotatable bonds is 14. The van der Waals surface area contributed by atoms with Crippen molar-refractivity contribution >= 4 is 16.3 Å². The van der Waals surface area contributed by atoms with E-state index in [4.69, 9.17) is 14.2 Å². The third-order valence-electron chi connectivity index (χ3n) is 8.68. The van der Waals surface area contributed by atoms with Gasteiger partial charge in [-0.3, -0.25) is 0 Å². The number of aldehydes is 1. The Morgan fingerprint density at radius 1 is 0.949 bits per heavy atom. The number of hydrogen-bond acceptors (Lipinski definition) is 6. The molecule has 1 fully saturated rings. The van der Waals surface area contributed by atoms with E-state index >= 15 is 0 Å². The average molecular weight is 556 g/mol. The lowest BCUT2D eigenvalue weighted by Gasteiger charge is -2.48. The Bertz CT molecular complexity index is 1210. The quantitative estimate of drug-likeness (QED) is 0.234. The largest absolute Gasteiger partial charge is 0.497 e. The zero-order valence-electron chi connectivity index (χ0n) is 23.6. The van der Waals surface area contributed by atoms with Gasteiger partial charge in [-0.1, -0.05) is 44.2 Å². The molecule has 0 radical (unpaired) electrons. The molecular formula is C31H41NO6S. The van der Waals surface area contributed by atoms with Crippen molar-refractivity contribution in [2.45, 2.75) is 52.3 Å². The number of carbonyl (C=O) groups excluding carboxylic acids is 1. The molecule has 0 bridgehead atoms. The fraction of sp³-hybridized carbons (Fsp3) is 0.516. The van der Waals surface area contributed by atoms with Crippen LogP contribution in [0.1, 0.15) is 44.2 Å². The molecule has 8 heteroatoms. The van der Waals surface area contributed by atoms with E-state index in [2.05, 4.69) is 13.0 Å². The van der Waals surface area contributed by atoms with Crippen molar-refractivity contribution in [2.24, 2.45) is 23.2 Å². The smallest absolute Gasteiger partial charge is 0.215 e. The zero-order chi connectivity index (χ0) is 28.2. The summed E-state index contributed by atoms with van der Waals surface area (Å²) in [5.41, 5.74) is 2.73. The van der Waals surface area contributed by atoms with Gasteiger partial charge in [0.1, 0.15) is 17.8 Å². The van der Waals surface area contributed by atoms with Crippen LogP contribution in [0.15, 0.2) is 60.2 Å². The van der Waals surface area contributed by atoms with E-state index in [1.807, 2.05) is 55.5 Å². The molecule has 0 aliphatic heterocycles. The molecule has 0 aromatic heterocycles. The van der Waals surface area contributed by atoms with E-state index in [0.717, 1.165) is 48.2 Å². The standard InChI is InChI=1S/C31H41NO6S/c1-22(31(2)16-26(17-31)30(38-5)29-15-10-25(29)20-33)21-39(34,35)32(18-23-6-11-27(36-3)12-7-23)19-24-8-13-28(37-4)14-9-24/h6-9,11-14,16,20,22,25,29-30H,10,15,17-19,21H2,1-5H3/t22-,25+,29-,30+,31-/m1/s1. The summed E-state index contributed by atoms with van der Waals surface area (Å²) >= 11 is 0. The number of sulfonamides is 1. The molecule has 4 rings (SSSR count). The normalized spacial score (nSPS) is 24.2. The molecule has 0 unspecified atom stereocenters. The number of allylic oxidation sites excluding steroid dienone is 1. The van der Waals surface area contributed by atoms with Crippen LogP contribution in [0.2, 0.25) is 0 Å². The number of carbonyl (C=O) groups is 1. The molecular weight excluding hydrogens is 514 g/mol. The second kappa shape index (κ2) is 12.2. The van der Waals surface area contributed by atoms with Crippen molar-refractivity contribution in [3.8, 4) is 11.5 Å². The van der Waals surface area contributed by atoms with E-state index in [1.54, 1.807) is 25.6 Å². The minimum Gasteiger partial charge on any atom is -0.497 e. The average Bonchev–Trinajstić information content (AvgIpc) is 2.89. The van der Waals surface area contributed by atoms with Gasteiger partial charge in [0.25, 0.3) is 0 Å². The Labute approximate surface area is 233 Å². The molecule has 1 saturated carbocycles. The zero-order valence-corrected chi connectivity index (χ0v) is 24.4. The van der Waals surface area contributed by atoms with Gasteiger partial charge >= 0.3 is 0 Å². The van der Waals surface area contributed by atoms with Crippen molar-refractivity contribution < 1.29 is 27.4 Å². The van der Waals surface area contributed by atoms with Gasteiger partial charge in [0.05, 0.1) is 26.1 Å². The number of nitrogens with zero attached hydrogens (tertiary/aromatic N) is 1. The third kappa shape index (κ3) is 6.56. The molecule has 2 aliphatic rings. The Morgan fingerprint density at radius 3 is 1.85 bits per heavy atom. The minimum atomic E-state index is -3.61. The van der Waals surface area contributed by atoms with E-state index in [9.17, 15) is 13.2 Å². The maximum atomic E-state index is 13.9. The fourth-order valence-electron chi connectivity index (χ4n) is 5.76. The monoisotopic (exact) mass is 555 g/mol. The fourth-order valence-corrected chi connectivity index (χ4v) is 7.68. The summed E-state index contributed by atoms with van der Waals surface area (Å²) in [5.74, 6) is 1.69. The number of benzene rings is 2. The van der Waals surface area contributed by atoms with Gasteiger partial charge in [0, 0.05) is 26.1 Å². The Kier molecular flexibility index (Phi) is 9.19. The summed E-state index contributed by atoms with van der Waals surface area (Å²) in [5, 5.41) is 0. The first-order valence-corrected chi connectivity index (χ1v) is 15.2. The van der Waals surface area contributed by atoms with Crippen LogP contribution in [0, 0.1) is 23.2 Å². The summed E-state index contributed by atoms with van der Waals surface area (Å²) < 4.78 is 45.7. The van der Waals surface area contributed by atoms with Gasteiger partial charge in [-0.25, -0.2) is 8.42 Å². The van der Waals surface area contributed by atoms with Gasteiger partial charge in [-0.2, -0.15) is 4.31 Å². The molecule has 2 aromatic carbocycles. The lowest BCUT2D eigenvalue weighted by molar-refractivity contribution is -0.119. The predicted molar refractivity (Wildman–Crippen MR) is 152 cm³/mol. The van der Waals surface area contributed by atoms with Gasteiger partial charge in [-0.05, 0) is 77.5 Å². The van der Waals surface area contributed by atoms with Crippen LogP contribution < -0.4 is 9.47 Å². The predicted octanol–water partition coefficient (Wildman–Crippen LogP) is 5.25. The number of ether oxygens (including phenoxy) is 3. The highest BCUT2D eigenvalue weighted by molar-refractivity contribution is 7.89. The molecule has 5 atom stereocenters. The van der Waals surface area contributed by atoms with Crippen molar-refractivity contribution in [3.63, 3.8) is 0 Å². The molecule has 212 valence electrons. The SMILES string of the molecule is COc1ccc(CN(Cc2ccc(OC)cc2)S(=O)(=O)C[C@@H](C)[C@]2(C)C=C([C@H](OC)[C@@H]3CC[C@H]3C=O)C2)cc1. The molecule has 0 amide bonds. The molecule has 0 spiro atoms. The Balaban J connectivity index is 1.51. The Hall–Kier alpha value is -2.68. The number of methoxy groups -OCH3 is 3. The Morgan fingerprint density at radius 2 is 1.46 bits per heavy atom. The molecule has 0 heterocycles. The van der Waals surface area contributed by atoms with E-state index in [-0.39, 0.29) is 48.1 Å². The van der Waals surface area contributed by atoms with Crippen LogP contribution in [-0.2, 0) is 32.6 Å². The van der Waals surface area contributed by atoms with Crippen LogP contribution in [0.5, 0.6) is 11.5 Å². The second-order valence-electron chi connectivity index (χ2n) is 11.2. The van der Waals surface area contributed by atoms with Gasteiger partial charge in [0.2, 0.25) is 10.0 Å². The van der Waals surface area contributed by atoms with Crippen LogP contribution in [0.4, 0.5) is 0 Å². The third-order valence-corrected chi connectivity index (χ3v) is 10.6. The lowest BCUT2D eigenvalue weighted by Crippen LogP contribution is -2.45. The summed E-state index contributed by atoms with van der Waals surface area (Å²) in [4.78, 5) is 11.4. The van der Waals surface area contributed by atoms with Crippen molar-refractivity contribution in [2.75, 3.05) is 27.1 Å². The van der Waals surface area contributed by atoms with E-state index in [1.165, 1.54) is 5.57 Å². The first kappa shape index (κ1) is 29.3. The molecule has 39 heavy (non-hydrogen) atoms. The minimum absolute atomic E-state index is 0.0393. The molecule has 7 nitrogen and oxygen atoms in total. The summed E-state index contributed by atoms with van der Waals surface area (Å²) in [6, 6.07) is 15.0. The lowest BCUT2D eigenvalue weighted by atomic mass is 9.60. The van der Waals surface area contributed by atoms with Crippen molar-refractivity contribution in [3.05, 3.63) is 71.3 Å². The van der Waals surface area contributed by atoms with Crippen LogP contribution in [0.25, 0.3) is 0 Å². The molecule has 0 saturated heterocycles. The van der Waals surface area contributed by atoms with Crippen molar-refractivity contribution in [1.29, 1.82) is 0 Å². The van der Waals surface area contributed by atoms with E-state index < -0.39 is 10.0 Å². The highest BCUT2D eigenvalue weighted by Gasteiger charge is 2.46. The van der Waals surface area contributed by atoms with Gasteiger partial charge in [0.15, 0.2) is 0 Å². The highest BCUT2D eigenvalue weighted by Crippen LogP contribution is 2.51. The molecule has 2 aliphatic carbocycles. The number of hydrogen-bond donors (Lipinski definition) is 0. The second-order valence-corrected chi connectivity index (χ2v) is 13.3. The molecule has 2 aromatic rings. The van der Waals surface area contributed by atoms with Crippen LogP contribution in [-0.4, -0.2) is 52.2 Å². The van der Waals surface area contributed by atoms with Crippen LogP contribution >= 0.6 is 0 Å². The summed E-state index contributed by atoms with van der Waals surface area (Å²) in [7, 11) is 1.31. The van der Waals surface area contributed by atoms with Crippen LogP contribution in [0.3, 0.4) is 0 Å². The van der Waals surface area contributed by atoms with Crippen molar-refractivity contribution in [1.82, 2.24) is 4.31 Å². The summed E-state index contributed by atoms with van der Waals surface area (Å²) in [6.07, 6.45) is 5.87. The first-order chi connectivity index (χ1) is 18.6. The maximum Gasteiger partial charge on any atom is 0.215 e. The first-order valence-electron chi connectivity index (χ1n) is 13.6. The maximum absolute atomic E-state index is 13.9. The van der Waals surface area contributed by atoms with E-state index in [0.29, 0.717) is 0 Å².